The van der Waals surface area contributed by atoms with E-state index in [0.29, 0.717) is 25.3 Å². The van der Waals surface area contributed by atoms with Crippen LogP contribution in [-0.4, -0.2) is 75.4 Å². The standard InChI is InChI=1S/C32H45N5O5/c1-19(2)22-11-12-23-18-33-25(17-24(23)16-22)13-14-32(6,7)31(42)36(8)27(20(3)4)28(38)34-21(5)29(39)37-15-9-10-26(35-37)30(40)41/h11-14,16-21,26-27,35H,9-10,15H2,1-8H3,(H,34,38)(H,40,41)/b14-13+/t21-,26-,27-/m0/s1. The number of aliphatic carboxylic acids is 1. The molecular formula is C32H45N5O5. The monoisotopic (exact) mass is 579 g/mol. The molecule has 0 aliphatic carbocycles. The maximum Gasteiger partial charge on any atom is 0.322 e. The van der Waals surface area contributed by atoms with Crippen molar-refractivity contribution in [2.45, 2.75) is 85.4 Å². The number of carboxylic acids is 1. The van der Waals surface area contributed by atoms with Gasteiger partial charge in [-0.3, -0.25) is 29.2 Å². The highest BCUT2D eigenvalue weighted by Crippen LogP contribution is 2.26. The van der Waals surface area contributed by atoms with Crippen LogP contribution in [0.4, 0.5) is 0 Å². The molecule has 10 nitrogen and oxygen atoms in total. The first-order valence-electron chi connectivity index (χ1n) is 14.6. The Balaban J connectivity index is 1.71. The Morgan fingerprint density at radius 2 is 1.81 bits per heavy atom. The number of pyridine rings is 1. The molecule has 10 heteroatoms. The summed E-state index contributed by atoms with van der Waals surface area (Å²) in [4.78, 5) is 57.3. The van der Waals surface area contributed by atoms with E-state index < -0.39 is 41.3 Å². The zero-order chi connectivity index (χ0) is 31.4. The number of carboxylic acid groups (broad SMARTS) is 1. The van der Waals surface area contributed by atoms with Crippen LogP contribution in [0.3, 0.4) is 0 Å². The molecule has 0 unspecified atom stereocenters. The quantitative estimate of drug-likeness (QED) is 0.388. The fourth-order valence-corrected chi connectivity index (χ4v) is 5.22. The van der Waals surface area contributed by atoms with E-state index in [4.69, 9.17) is 0 Å². The molecule has 3 rings (SSSR count). The number of nitrogens with zero attached hydrogens (tertiary/aromatic N) is 3. The number of benzene rings is 1. The van der Waals surface area contributed by atoms with Gasteiger partial charge in [-0.15, -0.1) is 0 Å². The molecular weight excluding hydrogens is 534 g/mol. The Labute approximate surface area is 248 Å². The van der Waals surface area contributed by atoms with Crippen LogP contribution in [0.2, 0.25) is 0 Å². The average Bonchev–Trinajstić information content (AvgIpc) is 2.94. The number of fused-ring (bicyclic) bond motifs is 1. The zero-order valence-corrected chi connectivity index (χ0v) is 26.0. The van der Waals surface area contributed by atoms with E-state index >= 15 is 0 Å². The summed E-state index contributed by atoms with van der Waals surface area (Å²) in [5.41, 5.74) is 3.75. The lowest BCUT2D eigenvalue weighted by atomic mass is 9.89. The van der Waals surface area contributed by atoms with Crippen LogP contribution in [-0.2, 0) is 19.2 Å². The molecule has 0 spiro atoms. The molecule has 1 saturated heterocycles. The minimum absolute atomic E-state index is 0.233. The molecule has 3 amide bonds. The van der Waals surface area contributed by atoms with Crippen molar-refractivity contribution < 1.29 is 24.3 Å². The van der Waals surface area contributed by atoms with E-state index in [-0.39, 0.29) is 11.8 Å². The molecule has 1 aromatic carbocycles. The Bertz CT molecular complexity index is 1350. The van der Waals surface area contributed by atoms with Gasteiger partial charge in [0.1, 0.15) is 18.1 Å². The maximum atomic E-state index is 13.7. The van der Waals surface area contributed by atoms with E-state index in [0.717, 1.165) is 16.5 Å². The fraction of sp³-hybridized carbons (Fsp3) is 0.531. The van der Waals surface area contributed by atoms with Gasteiger partial charge >= 0.3 is 5.97 Å². The van der Waals surface area contributed by atoms with Crippen molar-refractivity contribution in [1.82, 2.24) is 25.6 Å². The van der Waals surface area contributed by atoms with Gasteiger partial charge in [-0.1, -0.05) is 52.0 Å². The SMILES string of the molecule is CC(C)c1ccc2cnc(/C=C/C(C)(C)C(=O)N(C)[C@H](C(=O)N[C@@H](C)C(=O)N3CCC[C@@H](C(=O)O)N3)C(C)C)cc2c1. The molecule has 0 saturated carbocycles. The van der Waals surface area contributed by atoms with Crippen LogP contribution in [0.1, 0.15) is 78.5 Å². The van der Waals surface area contributed by atoms with E-state index in [1.807, 2.05) is 32.2 Å². The van der Waals surface area contributed by atoms with Crippen molar-refractivity contribution in [3.05, 3.63) is 47.8 Å². The first-order chi connectivity index (χ1) is 19.6. The highest BCUT2D eigenvalue weighted by Gasteiger charge is 2.38. The van der Waals surface area contributed by atoms with Crippen LogP contribution >= 0.6 is 0 Å². The van der Waals surface area contributed by atoms with Crippen LogP contribution < -0.4 is 10.7 Å². The van der Waals surface area contributed by atoms with Crippen molar-refractivity contribution in [1.29, 1.82) is 0 Å². The van der Waals surface area contributed by atoms with Crippen molar-refractivity contribution in [2.75, 3.05) is 13.6 Å². The smallest absolute Gasteiger partial charge is 0.322 e. The largest absolute Gasteiger partial charge is 0.480 e. The van der Waals surface area contributed by atoms with Gasteiger partial charge in [-0.2, -0.15) is 0 Å². The zero-order valence-electron chi connectivity index (χ0n) is 26.0. The summed E-state index contributed by atoms with van der Waals surface area (Å²) >= 11 is 0. The molecule has 3 atom stereocenters. The fourth-order valence-electron chi connectivity index (χ4n) is 5.22. The number of aromatic nitrogens is 1. The van der Waals surface area contributed by atoms with E-state index in [1.54, 1.807) is 33.9 Å². The molecule has 1 aliphatic rings. The lowest BCUT2D eigenvalue weighted by Crippen LogP contribution is -2.61. The van der Waals surface area contributed by atoms with Crippen LogP contribution in [0.25, 0.3) is 16.8 Å². The number of rotatable bonds is 10. The van der Waals surface area contributed by atoms with Gasteiger partial charge in [0.05, 0.1) is 11.1 Å². The first-order valence-corrected chi connectivity index (χ1v) is 14.6. The topological polar surface area (TPSA) is 132 Å². The van der Waals surface area contributed by atoms with Gasteiger partial charge in [0.15, 0.2) is 0 Å². The molecule has 2 aromatic rings. The predicted octanol–water partition coefficient (Wildman–Crippen LogP) is 3.97. The third-order valence-corrected chi connectivity index (χ3v) is 7.77. The van der Waals surface area contributed by atoms with Gasteiger partial charge in [-0.25, -0.2) is 5.43 Å². The van der Waals surface area contributed by atoms with Crippen molar-refractivity contribution in [3.8, 4) is 0 Å². The number of carbonyl (C=O) groups excluding carboxylic acids is 3. The number of nitrogens with one attached hydrogen (secondary N) is 2. The Kier molecular flexibility index (Phi) is 10.5. The first kappa shape index (κ1) is 32.7. The van der Waals surface area contributed by atoms with Gasteiger partial charge in [0, 0.05) is 25.2 Å². The van der Waals surface area contributed by atoms with Crippen LogP contribution in [0.5, 0.6) is 0 Å². The highest BCUT2D eigenvalue weighted by atomic mass is 16.4. The second-order valence-corrected chi connectivity index (χ2v) is 12.4. The summed E-state index contributed by atoms with van der Waals surface area (Å²) in [5.74, 6) is -1.99. The molecule has 0 bridgehead atoms. The summed E-state index contributed by atoms with van der Waals surface area (Å²) in [6.45, 7) is 13.5. The minimum Gasteiger partial charge on any atom is -0.480 e. The number of hydrazine groups is 1. The van der Waals surface area contributed by atoms with Crippen LogP contribution in [0, 0.1) is 11.3 Å². The lowest BCUT2D eigenvalue weighted by molar-refractivity contribution is -0.149. The second-order valence-electron chi connectivity index (χ2n) is 12.4. The average molecular weight is 580 g/mol. The number of hydrogen-bond donors (Lipinski definition) is 3. The number of carbonyl (C=O) groups is 4. The molecule has 1 aliphatic heterocycles. The molecule has 1 aromatic heterocycles. The molecule has 2 heterocycles. The van der Waals surface area contributed by atoms with E-state index in [1.165, 1.54) is 15.5 Å². The summed E-state index contributed by atoms with van der Waals surface area (Å²) < 4.78 is 0. The van der Waals surface area contributed by atoms with Gasteiger partial charge in [0.2, 0.25) is 11.8 Å². The summed E-state index contributed by atoms with van der Waals surface area (Å²) in [5, 5.41) is 15.4. The summed E-state index contributed by atoms with van der Waals surface area (Å²) in [6.07, 6.45) is 6.41. The number of likely N-dealkylation sites (N-methyl/N-ethyl adjacent to an activating group) is 1. The molecule has 42 heavy (non-hydrogen) atoms. The normalized spacial score (nSPS) is 17.5. The molecule has 0 radical (unpaired) electrons. The maximum absolute atomic E-state index is 13.7. The Morgan fingerprint density at radius 1 is 1.12 bits per heavy atom. The molecule has 228 valence electrons. The summed E-state index contributed by atoms with van der Waals surface area (Å²) in [7, 11) is 1.60. The predicted molar refractivity (Wildman–Crippen MR) is 163 cm³/mol. The van der Waals surface area contributed by atoms with Gasteiger partial charge < -0.3 is 15.3 Å². The van der Waals surface area contributed by atoms with Gasteiger partial charge in [-0.05, 0) is 68.5 Å². The second kappa shape index (κ2) is 13.5. The third-order valence-electron chi connectivity index (χ3n) is 7.77. The van der Waals surface area contributed by atoms with Crippen molar-refractivity contribution in [3.63, 3.8) is 0 Å². The lowest BCUT2D eigenvalue weighted by Gasteiger charge is -2.36. The number of hydrogen-bond acceptors (Lipinski definition) is 6. The molecule has 3 N–H and O–H groups in total. The minimum atomic E-state index is -1.03. The van der Waals surface area contributed by atoms with E-state index in [9.17, 15) is 24.3 Å². The van der Waals surface area contributed by atoms with Gasteiger partial charge in [0.25, 0.3) is 5.91 Å². The molecule has 1 fully saturated rings. The number of amides is 3. The third kappa shape index (κ3) is 7.73. The van der Waals surface area contributed by atoms with Crippen molar-refractivity contribution in [2.24, 2.45) is 11.3 Å². The van der Waals surface area contributed by atoms with Crippen molar-refractivity contribution >= 4 is 40.5 Å². The Morgan fingerprint density at radius 3 is 2.43 bits per heavy atom. The summed E-state index contributed by atoms with van der Waals surface area (Å²) in [6, 6.07) is 5.75. The van der Waals surface area contributed by atoms with E-state index in [2.05, 4.69) is 47.8 Å². The Hall–Kier alpha value is -3.79. The highest BCUT2D eigenvalue weighted by molar-refractivity contribution is 5.94. The van der Waals surface area contributed by atoms with Crippen LogP contribution in [0.15, 0.2) is 36.5 Å².